The quantitative estimate of drug-likeness (QED) is 0.781. The average molecular weight is 334 g/mol. The SMILES string of the molecule is CN[C@@H]1CCN(c2nc(N)nc(N)c2Cc2cc(F)ccc2F)C1. The second-order valence-corrected chi connectivity index (χ2v) is 5.90. The smallest absolute Gasteiger partial charge is 0.223 e. The van der Waals surface area contributed by atoms with E-state index >= 15 is 0 Å². The minimum Gasteiger partial charge on any atom is -0.383 e. The lowest BCUT2D eigenvalue weighted by Gasteiger charge is -2.22. The van der Waals surface area contributed by atoms with Gasteiger partial charge in [-0.15, -0.1) is 0 Å². The summed E-state index contributed by atoms with van der Waals surface area (Å²) in [5.41, 5.74) is 12.5. The van der Waals surface area contributed by atoms with Crippen LogP contribution in [0.4, 0.5) is 26.4 Å². The van der Waals surface area contributed by atoms with E-state index in [1.807, 2.05) is 11.9 Å². The van der Waals surface area contributed by atoms with E-state index in [1.54, 1.807) is 0 Å². The Hall–Kier alpha value is -2.48. The van der Waals surface area contributed by atoms with Gasteiger partial charge in [-0.3, -0.25) is 0 Å². The van der Waals surface area contributed by atoms with E-state index in [9.17, 15) is 8.78 Å². The third kappa shape index (κ3) is 3.23. The summed E-state index contributed by atoms with van der Waals surface area (Å²) in [5.74, 6) is -0.151. The van der Waals surface area contributed by atoms with Gasteiger partial charge in [-0.2, -0.15) is 9.97 Å². The number of likely N-dealkylation sites (N-methyl/N-ethyl adjacent to an activating group) is 1. The third-order valence-corrected chi connectivity index (χ3v) is 4.31. The van der Waals surface area contributed by atoms with Crippen LogP contribution < -0.4 is 21.7 Å². The molecule has 1 saturated heterocycles. The topological polar surface area (TPSA) is 93.1 Å². The number of nitrogens with one attached hydrogen (secondary N) is 1. The Morgan fingerprint density at radius 3 is 2.79 bits per heavy atom. The van der Waals surface area contributed by atoms with Crippen LogP contribution in [0.15, 0.2) is 18.2 Å². The molecular formula is C16H20F2N6. The summed E-state index contributed by atoms with van der Waals surface area (Å²) < 4.78 is 27.4. The normalized spacial score (nSPS) is 17.5. The highest BCUT2D eigenvalue weighted by Gasteiger charge is 2.26. The highest BCUT2D eigenvalue weighted by atomic mass is 19.1. The molecule has 0 unspecified atom stereocenters. The lowest BCUT2D eigenvalue weighted by molar-refractivity contribution is 0.588. The van der Waals surface area contributed by atoms with Crippen molar-refractivity contribution in [3.8, 4) is 0 Å². The first kappa shape index (κ1) is 16.4. The molecule has 0 aliphatic carbocycles. The fourth-order valence-electron chi connectivity index (χ4n) is 3.00. The fraction of sp³-hybridized carbons (Fsp3) is 0.375. The Bertz CT molecular complexity index is 752. The van der Waals surface area contributed by atoms with Gasteiger partial charge in [-0.05, 0) is 37.2 Å². The highest BCUT2D eigenvalue weighted by molar-refractivity contribution is 5.61. The Kier molecular flexibility index (Phi) is 4.48. The molecule has 1 aliphatic heterocycles. The summed E-state index contributed by atoms with van der Waals surface area (Å²) in [6, 6.07) is 3.68. The van der Waals surface area contributed by atoms with E-state index in [0.29, 0.717) is 17.4 Å². The molecule has 24 heavy (non-hydrogen) atoms. The van der Waals surface area contributed by atoms with E-state index in [4.69, 9.17) is 11.5 Å². The van der Waals surface area contributed by atoms with Gasteiger partial charge in [0.1, 0.15) is 23.3 Å². The van der Waals surface area contributed by atoms with Crippen molar-refractivity contribution < 1.29 is 8.78 Å². The number of nitrogens with two attached hydrogens (primary N) is 2. The number of rotatable bonds is 4. The number of hydrogen-bond donors (Lipinski definition) is 3. The lowest BCUT2D eigenvalue weighted by atomic mass is 10.0. The summed E-state index contributed by atoms with van der Waals surface area (Å²) in [4.78, 5) is 10.3. The Morgan fingerprint density at radius 2 is 2.08 bits per heavy atom. The fourth-order valence-corrected chi connectivity index (χ4v) is 3.00. The summed E-state index contributed by atoms with van der Waals surface area (Å²) in [5, 5.41) is 3.22. The van der Waals surface area contributed by atoms with Crippen LogP contribution in [0.25, 0.3) is 0 Å². The largest absolute Gasteiger partial charge is 0.383 e. The van der Waals surface area contributed by atoms with Gasteiger partial charge in [-0.1, -0.05) is 0 Å². The van der Waals surface area contributed by atoms with Crippen LogP contribution in [0.2, 0.25) is 0 Å². The van der Waals surface area contributed by atoms with Crippen molar-refractivity contribution in [1.29, 1.82) is 0 Å². The maximum atomic E-state index is 14.0. The van der Waals surface area contributed by atoms with Crippen LogP contribution in [0.3, 0.4) is 0 Å². The van der Waals surface area contributed by atoms with E-state index in [-0.39, 0.29) is 23.8 Å². The molecule has 3 rings (SSSR count). The molecule has 1 aromatic carbocycles. The summed E-state index contributed by atoms with van der Waals surface area (Å²) in [7, 11) is 1.90. The van der Waals surface area contributed by atoms with Gasteiger partial charge in [0, 0.05) is 31.1 Å². The van der Waals surface area contributed by atoms with Crippen molar-refractivity contribution in [3.63, 3.8) is 0 Å². The Balaban J connectivity index is 1.99. The molecule has 6 nitrogen and oxygen atoms in total. The number of hydrogen-bond acceptors (Lipinski definition) is 6. The predicted molar refractivity (Wildman–Crippen MR) is 89.7 cm³/mol. The van der Waals surface area contributed by atoms with Crippen molar-refractivity contribution >= 4 is 17.6 Å². The number of nitrogens with zero attached hydrogens (tertiary/aromatic N) is 3. The van der Waals surface area contributed by atoms with Gasteiger partial charge in [-0.25, -0.2) is 8.78 Å². The van der Waals surface area contributed by atoms with Gasteiger partial charge in [0.15, 0.2) is 0 Å². The Labute approximate surface area is 138 Å². The molecule has 1 aromatic heterocycles. The molecule has 2 heterocycles. The van der Waals surface area contributed by atoms with Crippen LogP contribution in [0, 0.1) is 11.6 Å². The summed E-state index contributed by atoms with van der Waals surface area (Å²) in [6.07, 6.45) is 1.06. The first-order valence-corrected chi connectivity index (χ1v) is 7.76. The van der Waals surface area contributed by atoms with E-state index in [2.05, 4.69) is 15.3 Å². The number of nitrogen functional groups attached to an aromatic ring is 2. The monoisotopic (exact) mass is 334 g/mol. The zero-order valence-corrected chi connectivity index (χ0v) is 13.4. The molecule has 1 aliphatic rings. The van der Waals surface area contributed by atoms with Gasteiger partial charge in [0.25, 0.3) is 0 Å². The standard InChI is InChI=1S/C16H20F2N6/c1-21-11-4-5-24(8-11)15-12(14(19)22-16(20)23-15)7-9-6-10(17)2-3-13(9)18/h2-3,6,11,21H,4-5,7-8H2,1H3,(H4,19,20,22,23)/t11-/m1/s1. The molecule has 1 fully saturated rings. The summed E-state index contributed by atoms with van der Waals surface area (Å²) in [6.45, 7) is 1.52. The van der Waals surface area contributed by atoms with Crippen molar-refractivity contribution in [3.05, 3.63) is 41.0 Å². The van der Waals surface area contributed by atoms with Gasteiger partial charge >= 0.3 is 0 Å². The lowest BCUT2D eigenvalue weighted by Crippen LogP contribution is -2.30. The molecular weight excluding hydrogens is 314 g/mol. The van der Waals surface area contributed by atoms with Crippen molar-refractivity contribution in [2.75, 3.05) is 36.5 Å². The van der Waals surface area contributed by atoms with Crippen molar-refractivity contribution in [2.45, 2.75) is 18.9 Å². The highest BCUT2D eigenvalue weighted by Crippen LogP contribution is 2.29. The number of aromatic nitrogens is 2. The van der Waals surface area contributed by atoms with Crippen LogP contribution in [0.1, 0.15) is 17.5 Å². The van der Waals surface area contributed by atoms with Crippen LogP contribution in [0.5, 0.6) is 0 Å². The molecule has 2 aromatic rings. The molecule has 0 spiro atoms. The third-order valence-electron chi connectivity index (χ3n) is 4.31. The average Bonchev–Trinajstić information content (AvgIpc) is 3.02. The second kappa shape index (κ2) is 6.56. The zero-order valence-electron chi connectivity index (χ0n) is 13.4. The van der Waals surface area contributed by atoms with Crippen LogP contribution >= 0.6 is 0 Å². The van der Waals surface area contributed by atoms with Crippen LogP contribution in [-0.4, -0.2) is 36.1 Å². The molecule has 5 N–H and O–H groups in total. The minimum absolute atomic E-state index is 0.0684. The Morgan fingerprint density at radius 1 is 1.29 bits per heavy atom. The molecule has 128 valence electrons. The maximum Gasteiger partial charge on any atom is 0.223 e. The summed E-state index contributed by atoms with van der Waals surface area (Å²) >= 11 is 0. The molecule has 0 radical (unpaired) electrons. The van der Waals surface area contributed by atoms with Crippen molar-refractivity contribution in [1.82, 2.24) is 15.3 Å². The number of halogens is 2. The minimum atomic E-state index is -0.501. The molecule has 0 amide bonds. The van der Waals surface area contributed by atoms with Crippen LogP contribution in [-0.2, 0) is 6.42 Å². The van der Waals surface area contributed by atoms with Crippen molar-refractivity contribution in [2.24, 2.45) is 0 Å². The second-order valence-electron chi connectivity index (χ2n) is 5.90. The van der Waals surface area contributed by atoms with Gasteiger partial charge in [0.2, 0.25) is 5.95 Å². The molecule has 0 bridgehead atoms. The molecule has 8 heteroatoms. The predicted octanol–water partition coefficient (Wildman–Crippen LogP) is 1.31. The van der Waals surface area contributed by atoms with Gasteiger partial charge in [0.05, 0.1) is 0 Å². The number of benzene rings is 1. The maximum absolute atomic E-state index is 14.0. The number of anilines is 3. The van der Waals surface area contributed by atoms with E-state index in [1.165, 1.54) is 0 Å². The molecule has 0 saturated carbocycles. The van der Waals surface area contributed by atoms with E-state index in [0.717, 1.165) is 37.7 Å². The van der Waals surface area contributed by atoms with Gasteiger partial charge < -0.3 is 21.7 Å². The molecule has 1 atom stereocenters. The van der Waals surface area contributed by atoms with E-state index < -0.39 is 11.6 Å². The first-order valence-electron chi connectivity index (χ1n) is 7.76. The first-order chi connectivity index (χ1) is 11.5. The zero-order chi connectivity index (χ0) is 17.3.